The molecule has 1 heterocycles. The molecule has 1 aliphatic rings. The summed E-state index contributed by atoms with van der Waals surface area (Å²) in [6.07, 6.45) is 0.630. The lowest BCUT2D eigenvalue weighted by Crippen LogP contribution is -2.45. The maximum atomic E-state index is 12.5. The number of carbonyl (C=O) groups excluding carboxylic acids is 1. The van der Waals surface area contributed by atoms with Gasteiger partial charge in [-0.15, -0.1) is 0 Å². The van der Waals surface area contributed by atoms with E-state index in [9.17, 15) is 9.59 Å². The lowest BCUT2D eigenvalue weighted by atomic mass is 9.93. The van der Waals surface area contributed by atoms with Crippen molar-refractivity contribution in [1.82, 2.24) is 4.90 Å². The van der Waals surface area contributed by atoms with E-state index in [1.807, 2.05) is 24.3 Å². The molecule has 0 aliphatic carbocycles. The Bertz CT molecular complexity index is 518. The number of para-hydroxylation sites is 1. The molecule has 0 fully saturated rings. The first-order valence-corrected chi connectivity index (χ1v) is 6.93. The normalized spacial score (nSPS) is 16.7. The first kappa shape index (κ1) is 15.3. The lowest BCUT2D eigenvalue weighted by molar-refractivity contribution is -0.146. The van der Waals surface area contributed by atoms with Gasteiger partial charge in [0.25, 0.3) is 0 Å². The van der Waals surface area contributed by atoms with Crippen molar-refractivity contribution in [3.63, 3.8) is 0 Å². The number of hydrogen-bond acceptors (Lipinski definition) is 4. The molecule has 6 heteroatoms. The Balaban J connectivity index is 2.05. The number of rotatable bonds is 6. The number of nitrogens with one attached hydrogen (secondary N) is 1. The third-order valence-electron chi connectivity index (χ3n) is 3.57. The molecule has 1 amide bonds. The van der Waals surface area contributed by atoms with Crippen molar-refractivity contribution >= 4 is 17.6 Å². The van der Waals surface area contributed by atoms with Gasteiger partial charge < -0.3 is 20.1 Å². The zero-order valence-electron chi connectivity index (χ0n) is 12.0. The van der Waals surface area contributed by atoms with Gasteiger partial charge in [-0.1, -0.05) is 18.2 Å². The average Bonchev–Trinajstić information content (AvgIpc) is 2.50. The van der Waals surface area contributed by atoms with Crippen LogP contribution in [-0.4, -0.2) is 55.2 Å². The zero-order valence-corrected chi connectivity index (χ0v) is 12.0. The van der Waals surface area contributed by atoms with E-state index in [-0.39, 0.29) is 18.4 Å². The highest BCUT2D eigenvalue weighted by Gasteiger charge is 2.29. The fraction of sp³-hybridized carbons (Fsp3) is 0.467. The Kier molecular flexibility index (Phi) is 5.16. The van der Waals surface area contributed by atoms with E-state index in [2.05, 4.69) is 5.32 Å². The molecule has 1 aliphatic heterocycles. The third-order valence-corrected chi connectivity index (χ3v) is 3.57. The summed E-state index contributed by atoms with van der Waals surface area (Å²) in [5.74, 6) is -1.39. The van der Waals surface area contributed by atoms with Crippen LogP contribution in [0.15, 0.2) is 24.3 Å². The number of nitrogens with zero attached hydrogens (tertiary/aromatic N) is 1. The largest absolute Gasteiger partial charge is 0.480 e. The zero-order chi connectivity index (χ0) is 15.2. The van der Waals surface area contributed by atoms with Crippen molar-refractivity contribution < 1.29 is 19.4 Å². The van der Waals surface area contributed by atoms with Gasteiger partial charge in [0.05, 0.1) is 12.5 Å². The van der Waals surface area contributed by atoms with E-state index >= 15 is 0 Å². The number of carboxylic acids is 1. The summed E-state index contributed by atoms with van der Waals surface area (Å²) in [6.45, 7) is 0.856. The highest BCUT2D eigenvalue weighted by atomic mass is 16.5. The van der Waals surface area contributed by atoms with Crippen LogP contribution in [0, 0.1) is 5.92 Å². The van der Waals surface area contributed by atoms with Gasteiger partial charge in [-0.05, 0) is 18.1 Å². The van der Waals surface area contributed by atoms with Gasteiger partial charge in [-0.3, -0.25) is 9.59 Å². The number of aliphatic carboxylic acids is 1. The Morgan fingerprint density at radius 1 is 1.43 bits per heavy atom. The second-order valence-electron chi connectivity index (χ2n) is 5.09. The van der Waals surface area contributed by atoms with Crippen molar-refractivity contribution in [2.24, 2.45) is 5.92 Å². The van der Waals surface area contributed by atoms with Gasteiger partial charge in [-0.25, -0.2) is 0 Å². The Labute approximate surface area is 123 Å². The molecule has 0 saturated heterocycles. The van der Waals surface area contributed by atoms with E-state index in [0.29, 0.717) is 26.1 Å². The van der Waals surface area contributed by atoms with E-state index < -0.39 is 5.97 Å². The molecule has 114 valence electrons. The van der Waals surface area contributed by atoms with Crippen LogP contribution in [0.2, 0.25) is 0 Å². The number of carboxylic acid groups (broad SMARTS) is 1. The number of amides is 1. The third kappa shape index (κ3) is 3.95. The molecule has 0 saturated carbocycles. The monoisotopic (exact) mass is 292 g/mol. The fourth-order valence-corrected chi connectivity index (χ4v) is 2.51. The molecule has 0 radical (unpaired) electrons. The predicted molar refractivity (Wildman–Crippen MR) is 78.2 cm³/mol. The number of methoxy groups -OCH3 is 1. The molecule has 0 aromatic heterocycles. The van der Waals surface area contributed by atoms with E-state index in [0.717, 1.165) is 11.3 Å². The van der Waals surface area contributed by atoms with E-state index in [1.165, 1.54) is 12.0 Å². The van der Waals surface area contributed by atoms with Crippen LogP contribution >= 0.6 is 0 Å². The second-order valence-corrected chi connectivity index (χ2v) is 5.09. The number of hydrogen-bond donors (Lipinski definition) is 2. The Hall–Kier alpha value is -2.08. The highest BCUT2D eigenvalue weighted by Crippen LogP contribution is 2.25. The van der Waals surface area contributed by atoms with Crippen LogP contribution < -0.4 is 5.32 Å². The van der Waals surface area contributed by atoms with Crippen LogP contribution in [0.25, 0.3) is 0 Å². The van der Waals surface area contributed by atoms with Crippen LogP contribution in [0.5, 0.6) is 0 Å². The molecule has 1 aromatic carbocycles. The minimum Gasteiger partial charge on any atom is -0.480 e. The van der Waals surface area contributed by atoms with Crippen molar-refractivity contribution in [3.8, 4) is 0 Å². The summed E-state index contributed by atoms with van der Waals surface area (Å²) in [5.41, 5.74) is 2.13. The SMILES string of the molecule is COCCN(CC(=O)O)C(=O)C1CNc2ccccc2C1. The molecule has 6 nitrogen and oxygen atoms in total. The van der Waals surface area contributed by atoms with Gasteiger partial charge in [0, 0.05) is 25.9 Å². The summed E-state index contributed by atoms with van der Waals surface area (Å²) in [7, 11) is 1.53. The number of carbonyl (C=O) groups is 2. The maximum absolute atomic E-state index is 12.5. The number of fused-ring (bicyclic) bond motifs is 1. The molecule has 1 aromatic rings. The second kappa shape index (κ2) is 7.08. The molecule has 21 heavy (non-hydrogen) atoms. The number of benzene rings is 1. The van der Waals surface area contributed by atoms with Crippen LogP contribution in [0.1, 0.15) is 5.56 Å². The minimum atomic E-state index is -1.01. The first-order chi connectivity index (χ1) is 10.1. The van der Waals surface area contributed by atoms with Crippen LogP contribution in [0.4, 0.5) is 5.69 Å². The Morgan fingerprint density at radius 3 is 2.90 bits per heavy atom. The smallest absolute Gasteiger partial charge is 0.323 e. The van der Waals surface area contributed by atoms with Gasteiger partial charge in [0.2, 0.25) is 5.91 Å². The maximum Gasteiger partial charge on any atom is 0.323 e. The summed E-state index contributed by atoms with van der Waals surface area (Å²) >= 11 is 0. The molecule has 0 spiro atoms. The molecule has 2 N–H and O–H groups in total. The number of anilines is 1. The van der Waals surface area contributed by atoms with Crippen molar-refractivity contribution in [3.05, 3.63) is 29.8 Å². The predicted octanol–water partition coefficient (Wildman–Crippen LogP) is 0.830. The molecular weight excluding hydrogens is 272 g/mol. The fourth-order valence-electron chi connectivity index (χ4n) is 2.51. The molecule has 0 bridgehead atoms. The van der Waals surface area contributed by atoms with Gasteiger partial charge >= 0.3 is 5.97 Å². The average molecular weight is 292 g/mol. The molecule has 1 atom stereocenters. The molecule has 2 rings (SSSR count). The van der Waals surface area contributed by atoms with Crippen LogP contribution in [-0.2, 0) is 20.7 Å². The molecule has 1 unspecified atom stereocenters. The summed E-state index contributed by atoms with van der Waals surface area (Å²) in [5, 5.41) is 12.2. The van der Waals surface area contributed by atoms with Crippen molar-refractivity contribution in [2.45, 2.75) is 6.42 Å². The van der Waals surface area contributed by atoms with Crippen molar-refractivity contribution in [1.29, 1.82) is 0 Å². The highest BCUT2D eigenvalue weighted by molar-refractivity contribution is 5.84. The quantitative estimate of drug-likeness (QED) is 0.812. The van der Waals surface area contributed by atoms with Crippen LogP contribution in [0.3, 0.4) is 0 Å². The number of ether oxygens (including phenoxy) is 1. The van der Waals surface area contributed by atoms with Gasteiger partial charge in [0.1, 0.15) is 6.54 Å². The molecular formula is C15H20N2O4. The van der Waals surface area contributed by atoms with E-state index in [4.69, 9.17) is 9.84 Å². The van der Waals surface area contributed by atoms with E-state index in [1.54, 1.807) is 0 Å². The summed E-state index contributed by atoms with van der Waals surface area (Å²) < 4.78 is 4.95. The topological polar surface area (TPSA) is 78.9 Å². The first-order valence-electron chi connectivity index (χ1n) is 6.93. The summed E-state index contributed by atoms with van der Waals surface area (Å²) in [6, 6.07) is 7.85. The minimum absolute atomic E-state index is 0.142. The van der Waals surface area contributed by atoms with Gasteiger partial charge in [0.15, 0.2) is 0 Å². The van der Waals surface area contributed by atoms with Gasteiger partial charge in [-0.2, -0.15) is 0 Å². The summed E-state index contributed by atoms with van der Waals surface area (Å²) in [4.78, 5) is 24.8. The Morgan fingerprint density at radius 2 is 2.19 bits per heavy atom. The lowest BCUT2D eigenvalue weighted by Gasteiger charge is -2.30. The van der Waals surface area contributed by atoms with Crippen molar-refractivity contribution in [2.75, 3.05) is 38.7 Å². The standard InChI is InChI=1S/C15H20N2O4/c1-21-7-6-17(10-14(18)19)15(20)12-8-11-4-2-3-5-13(11)16-9-12/h2-5,12,16H,6-10H2,1H3,(H,18,19).